The Labute approximate surface area is 193 Å². The highest BCUT2D eigenvalue weighted by Gasteiger charge is 2.32. The van der Waals surface area contributed by atoms with E-state index in [1.807, 2.05) is 18.2 Å². The Hall–Kier alpha value is -2.25. The van der Waals surface area contributed by atoms with Crippen LogP contribution < -0.4 is 20.9 Å². The Kier molecular flexibility index (Phi) is 7.72. The van der Waals surface area contributed by atoms with Crippen molar-refractivity contribution >= 4 is 27.1 Å². The Morgan fingerprint density at radius 2 is 1.56 bits per heavy atom. The van der Waals surface area contributed by atoms with Crippen LogP contribution in [0, 0.1) is 19.8 Å². The van der Waals surface area contributed by atoms with Crippen molar-refractivity contribution in [3.05, 3.63) is 53.6 Å². The van der Waals surface area contributed by atoms with Crippen molar-refractivity contribution in [3.63, 3.8) is 0 Å². The van der Waals surface area contributed by atoms with Crippen LogP contribution in [0.15, 0.2) is 42.5 Å². The molecule has 2 aromatic rings. The van der Waals surface area contributed by atoms with Crippen molar-refractivity contribution in [3.8, 4) is 0 Å². The highest BCUT2D eigenvalue weighted by molar-refractivity contribution is 7.90. The zero-order chi connectivity index (χ0) is 23.4. The minimum Gasteiger partial charge on any atom is -0.385 e. The molecule has 0 radical (unpaired) electrons. The van der Waals surface area contributed by atoms with Crippen molar-refractivity contribution in [1.82, 2.24) is 4.72 Å². The summed E-state index contributed by atoms with van der Waals surface area (Å²) in [5.41, 5.74) is 12.1. The first-order chi connectivity index (χ1) is 15.0. The van der Waals surface area contributed by atoms with E-state index in [-0.39, 0.29) is 6.04 Å². The van der Waals surface area contributed by atoms with Crippen LogP contribution >= 0.6 is 0 Å². The Balaban J connectivity index is 1.46. The smallest absolute Gasteiger partial charge is 0.216 e. The highest BCUT2D eigenvalue weighted by atomic mass is 32.2. The minimum atomic E-state index is -3.28. The molecular formula is C25H38N4O2S. The zero-order valence-electron chi connectivity index (χ0n) is 20.0. The maximum Gasteiger partial charge on any atom is 0.216 e. The predicted molar refractivity (Wildman–Crippen MR) is 136 cm³/mol. The van der Waals surface area contributed by atoms with E-state index in [1.54, 1.807) is 20.8 Å². The maximum atomic E-state index is 12.4. The second-order valence-electron chi connectivity index (χ2n) is 9.93. The van der Waals surface area contributed by atoms with E-state index < -0.39 is 14.8 Å². The second-order valence-corrected chi connectivity index (χ2v) is 12.4. The van der Waals surface area contributed by atoms with Crippen LogP contribution in [0.25, 0.3) is 0 Å². The Morgan fingerprint density at radius 1 is 0.875 bits per heavy atom. The maximum absolute atomic E-state index is 12.4. The fraction of sp³-hybridized carbons (Fsp3) is 0.520. The molecule has 0 aliphatic heterocycles. The summed E-state index contributed by atoms with van der Waals surface area (Å²) >= 11 is 0. The second kappa shape index (κ2) is 10.1. The number of nitrogens with one attached hydrogen (secondary N) is 4. The van der Waals surface area contributed by atoms with Crippen molar-refractivity contribution in [2.45, 2.75) is 71.1 Å². The first-order valence-corrected chi connectivity index (χ1v) is 13.0. The van der Waals surface area contributed by atoms with Gasteiger partial charge in [0.1, 0.15) is 0 Å². The van der Waals surface area contributed by atoms with Gasteiger partial charge in [-0.3, -0.25) is 0 Å². The monoisotopic (exact) mass is 458 g/mol. The summed E-state index contributed by atoms with van der Waals surface area (Å²) in [5.74, 6) is 0.560. The average molecular weight is 459 g/mol. The largest absolute Gasteiger partial charge is 0.385 e. The summed E-state index contributed by atoms with van der Waals surface area (Å²) in [4.78, 5) is 0. The van der Waals surface area contributed by atoms with Crippen LogP contribution in [0.3, 0.4) is 0 Å². The molecule has 1 saturated carbocycles. The standard InChI is InChI=1S/C25H38N4O2S/c1-18-8-6-7-9-24(18)28-27-22-14-15-23(19(2)16-22)26-17-20-10-12-21(13-11-20)29-32(30,31)25(3,4)5/h6-9,14-16,20-21,26-29H,10-13,17H2,1-5H3. The summed E-state index contributed by atoms with van der Waals surface area (Å²) in [6.45, 7) is 10.3. The van der Waals surface area contributed by atoms with E-state index >= 15 is 0 Å². The van der Waals surface area contributed by atoms with Crippen LogP contribution in [0.5, 0.6) is 0 Å². The normalized spacial score (nSPS) is 19.4. The Bertz CT molecular complexity index is 1010. The van der Waals surface area contributed by atoms with Crippen molar-refractivity contribution in [2.75, 3.05) is 22.7 Å². The van der Waals surface area contributed by atoms with Gasteiger partial charge in [-0.25, -0.2) is 13.1 Å². The van der Waals surface area contributed by atoms with Crippen LogP contribution in [0.2, 0.25) is 0 Å². The molecule has 0 spiro atoms. The van der Waals surface area contributed by atoms with Gasteiger partial charge >= 0.3 is 0 Å². The molecule has 32 heavy (non-hydrogen) atoms. The molecule has 0 unspecified atom stereocenters. The summed E-state index contributed by atoms with van der Waals surface area (Å²) < 4.78 is 26.9. The number of anilines is 3. The molecule has 2 aromatic carbocycles. The molecular weight excluding hydrogens is 420 g/mol. The van der Waals surface area contributed by atoms with E-state index in [9.17, 15) is 8.42 Å². The van der Waals surface area contributed by atoms with Crippen molar-refractivity contribution in [2.24, 2.45) is 5.92 Å². The summed E-state index contributed by atoms with van der Waals surface area (Å²) in [5, 5.41) is 3.59. The van der Waals surface area contributed by atoms with Gasteiger partial charge in [0, 0.05) is 18.3 Å². The van der Waals surface area contributed by atoms with Crippen LogP contribution in [-0.2, 0) is 10.0 Å². The molecule has 3 rings (SSSR count). The van der Waals surface area contributed by atoms with Crippen molar-refractivity contribution < 1.29 is 8.42 Å². The molecule has 0 saturated heterocycles. The third kappa shape index (κ3) is 6.39. The number of para-hydroxylation sites is 1. The molecule has 0 atom stereocenters. The number of sulfonamides is 1. The fourth-order valence-corrected chi connectivity index (χ4v) is 4.96. The molecule has 4 N–H and O–H groups in total. The molecule has 0 heterocycles. The third-order valence-corrected chi connectivity index (χ3v) is 8.52. The van der Waals surface area contributed by atoms with Gasteiger partial charge < -0.3 is 16.2 Å². The quantitative estimate of drug-likeness (QED) is 0.397. The van der Waals surface area contributed by atoms with E-state index in [2.05, 4.69) is 59.0 Å². The SMILES string of the molecule is Cc1cc(NNc2ccccc2C)ccc1NCC1CCC(NS(=O)(=O)C(C)(C)C)CC1. The molecule has 176 valence electrons. The predicted octanol–water partition coefficient (Wildman–Crippen LogP) is 5.43. The van der Waals surface area contributed by atoms with Crippen LogP contribution in [0.4, 0.5) is 17.1 Å². The third-order valence-electron chi connectivity index (χ3n) is 6.27. The number of hydrogen-bond acceptors (Lipinski definition) is 5. The zero-order valence-corrected chi connectivity index (χ0v) is 20.8. The lowest BCUT2D eigenvalue weighted by Gasteiger charge is -2.31. The van der Waals surface area contributed by atoms with E-state index in [1.165, 1.54) is 11.1 Å². The first kappa shape index (κ1) is 24.4. The van der Waals surface area contributed by atoms with E-state index in [4.69, 9.17) is 0 Å². The lowest BCUT2D eigenvalue weighted by Crippen LogP contribution is -2.46. The number of hydrogen-bond donors (Lipinski definition) is 4. The molecule has 0 amide bonds. The number of rotatable bonds is 8. The molecule has 1 aliphatic carbocycles. The summed E-state index contributed by atoms with van der Waals surface area (Å²) in [7, 11) is -3.28. The molecule has 1 aliphatic rings. The first-order valence-electron chi connectivity index (χ1n) is 11.5. The molecule has 6 nitrogen and oxygen atoms in total. The number of aryl methyl sites for hydroxylation is 2. The van der Waals surface area contributed by atoms with Gasteiger partial charge in [-0.15, -0.1) is 0 Å². The lowest BCUT2D eigenvalue weighted by atomic mass is 9.86. The summed E-state index contributed by atoms with van der Waals surface area (Å²) in [6, 6.07) is 14.5. The molecule has 0 bridgehead atoms. The van der Waals surface area contributed by atoms with Gasteiger partial charge in [0.05, 0.1) is 16.1 Å². The van der Waals surface area contributed by atoms with E-state index in [0.717, 1.165) is 49.3 Å². The minimum absolute atomic E-state index is 0.0586. The van der Waals surface area contributed by atoms with Gasteiger partial charge in [-0.1, -0.05) is 18.2 Å². The number of benzene rings is 2. The number of hydrazine groups is 1. The Morgan fingerprint density at radius 3 is 2.19 bits per heavy atom. The molecule has 1 fully saturated rings. The lowest BCUT2D eigenvalue weighted by molar-refractivity contribution is 0.322. The van der Waals surface area contributed by atoms with Crippen LogP contribution in [0.1, 0.15) is 57.6 Å². The topological polar surface area (TPSA) is 82.3 Å². The van der Waals surface area contributed by atoms with Gasteiger partial charge in [0.25, 0.3) is 0 Å². The van der Waals surface area contributed by atoms with Crippen LogP contribution in [-0.4, -0.2) is 25.8 Å². The highest BCUT2D eigenvalue weighted by Crippen LogP contribution is 2.28. The van der Waals surface area contributed by atoms with Gasteiger partial charge in [0.15, 0.2) is 0 Å². The average Bonchev–Trinajstić information content (AvgIpc) is 2.72. The molecule has 7 heteroatoms. The van der Waals surface area contributed by atoms with E-state index in [0.29, 0.717) is 5.92 Å². The van der Waals surface area contributed by atoms with Gasteiger partial charge in [-0.05, 0) is 102 Å². The van der Waals surface area contributed by atoms with Gasteiger partial charge in [0.2, 0.25) is 10.0 Å². The van der Waals surface area contributed by atoms with Crippen molar-refractivity contribution in [1.29, 1.82) is 0 Å². The molecule has 0 aromatic heterocycles. The summed E-state index contributed by atoms with van der Waals surface area (Å²) in [6.07, 6.45) is 3.86. The van der Waals surface area contributed by atoms with Gasteiger partial charge in [-0.2, -0.15) is 0 Å². The fourth-order valence-electron chi connectivity index (χ4n) is 3.93.